The van der Waals surface area contributed by atoms with Crippen molar-refractivity contribution in [2.75, 3.05) is 6.54 Å². The molecule has 1 aliphatic rings. The first kappa shape index (κ1) is 18.9. The quantitative estimate of drug-likeness (QED) is 0.677. The third kappa shape index (κ3) is 3.49. The number of thiophene rings is 1. The summed E-state index contributed by atoms with van der Waals surface area (Å²) in [4.78, 5) is 23.1. The fourth-order valence-electron chi connectivity index (χ4n) is 3.21. The maximum atomic E-state index is 13.3. The van der Waals surface area contributed by atoms with Gasteiger partial charge >= 0.3 is 0 Å². The van der Waals surface area contributed by atoms with Gasteiger partial charge in [-0.1, -0.05) is 6.07 Å². The van der Waals surface area contributed by atoms with Gasteiger partial charge in [-0.15, -0.1) is 11.3 Å². The molecule has 0 spiro atoms. The molecule has 1 fully saturated rings. The molecule has 3 aromatic rings. The van der Waals surface area contributed by atoms with Gasteiger partial charge in [0.05, 0.1) is 16.7 Å². The van der Waals surface area contributed by atoms with Crippen molar-refractivity contribution < 1.29 is 18.7 Å². The molecule has 146 valence electrons. The largest absolute Gasteiger partial charge is 0.387 e. The molecule has 1 amide bonds. The number of amides is 1. The van der Waals surface area contributed by atoms with Crippen molar-refractivity contribution >= 4 is 27.5 Å². The van der Waals surface area contributed by atoms with Crippen LogP contribution in [0.15, 0.2) is 18.2 Å². The summed E-state index contributed by atoms with van der Waals surface area (Å²) in [5, 5.41) is 13.7. The number of halogens is 2. The molecule has 1 atom stereocenters. The number of hydrogen-bond donors (Lipinski definition) is 2. The Balaban J connectivity index is 1.52. The van der Waals surface area contributed by atoms with E-state index in [1.807, 2.05) is 13.8 Å². The van der Waals surface area contributed by atoms with Crippen LogP contribution in [0.4, 0.5) is 8.78 Å². The molecule has 4 rings (SSSR count). The highest BCUT2D eigenvalue weighted by atomic mass is 32.1. The summed E-state index contributed by atoms with van der Waals surface area (Å²) in [5.41, 5.74) is 1.87. The number of carbonyl (C=O) groups excluding carboxylic acids is 1. The van der Waals surface area contributed by atoms with Gasteiger partial charge in [-0.2, -0.15) is 0 Å². The van der Waals surface area contributed by atoms with Gasteiger partial charge in [0, 0.05) is 17.8 Å². The van der Waals surface area contributed by atoms with Crippen molar-refractivity contribution in [3.8, 4) is 0 Å². The minimum Gasteiger partial charge on any atom is -0.387 e. The molecule has 0 radical (unpaired) electrons. The van der Waals surface area contributed by atoms with Gasteiger partial charge in [-0.25, -0.2) is 18.7 Å². The fraction of sp³-hybridized carbons (Fsp3) is 0.350. The second kappa shape index (κ2) is 7.18. The lowest BCUT2D eigenvalue weighted by Crippen LogP contribution is -2.28. The molecular weight excluding hydrogens is 384 g/mol. The monoisotopic (exact) mass is 403 g/mol. The Morgan fingerprint density at radius 3 is 2.71 bits per heavy atom. The van der Waals surface area contributed by atoms with Crippen LogP contribution in [0.25, 0.3) is 10.2 Å². The minimum atomic E-state index is -1.14. The van der Waals surface area contributed by atoms with E-state index in [1.165, 1.54) is 17.4 Å². The number of rotatable bonds is 5. The zero-order valence-electron chi connectivity index (χ0n) is 15.4. The van der Waals surface area contributed by atoms with E-state index in [0.29, 0.717) is 10.8 Å². The summed E-state index contributed by atoms with van der Waals surface area (Å²) >= 11 is 1.30. The molecule has 0 bridgehead atoms. The first-order chi connectivity index (χ1) is 13.3. The number of carbonyl (C=O) groups is 1. The van der Waals surface area contributed by atoms with E-state index in [9.17, 15) is 18.7 Å². The summed E-state index contributed by atoms with van der Waals surface area (Å²) < 4.78 is 26.3. The number of nitrogens with zero attached hydrogens (tertiary/aromatic N) is 2. The summed E-state index contributed by atoms with van der Waals surface area (Å²) in [5.74, 6) is -1.10. The second-order valence-corrected chi connectivity index (χ2v) is 8.08. The number of aliphatic hydroxyl groups excluding tert-OH is 1. The normalized spacial score (nSPS) is 15.0. The van der Waals surface area contributed by atoms with Crippen LogP contribution < -0.4 is 5.32 Å². The van der Waals surface area contributed by atoms with E-state index < -0.39 is 17.7 Å². The molecule has 28 heavy (non-hydrogen) atoms. The number of aryl methyl sites for hydroxylation is 2. The second-order valence-electron chi connectivity index (χ2n) is 7.08. The molecule has 1 aliphatic carbocycles. The maximum absolute atomic E-state index is 13.3. The predicted molar refractivity (Wildman–Crippen MR) is 103 cm³/mol. The third-order valence-electron chi connectivity index (χ3n) is 4.92. The molecule has 2 N–H and O–H groups in total. The van der Waals surface area contributed by atoms with Crippen LogP contribution >= 0.6 is 11.3 Å². The van der Waals surface area contributed by atoms with E-state index in [2.05, 4.69) is 15.3 Å². The smallest absolute Gasteiger partial charge is 0.261 e. The summed E-state index contributed by atoms with van der Waals surface area (Å²) in [6, 6.07) is 3.16. The molecule has 5 nitrogen and oxygen atoms in total. The number of hydrogen-bond acceptors (Lipinski definition) is 5. The molecule has 0 aliphatic heterocycles. The van der Waals surface area contributed by atoms with Crippen LogP contribution in [0.2, 0.25) is 0 Å². The average molecular weight is 403 g/mol. The molecule has 1 saturated carbocycles. The van der Waals surface area contributed by atoms with Crippen LogP contribution in [0.3, 0.4) is 0 Å². The van der Waals surface area contributed by atoms with Gasteiger partial charge in [0.1, 0.15) is 10.7 Å². The van der Waals surface area contributed by atoms with Crippen LogP contribution in [0.5, 0.6) is 0 Å². The Hall–Kier alpha value is -2.45. The number of fused-ring (bicyclic) bond motifs is 1. The molecule has 1 aromatic carbocycles. The summed E-state index contributed by atoms with van der Waals surface area (Å²) in [6.45, 7) is 3.66. The maximum Gasteiger partial charge on any atom is 0.261 e. The van der Waals surface area contributed by atoms with Gasteiger partial charge in [-0.3, -0.25) is 4.79 Å². The highest BCUT2D eigenvalue weighted by molar-refractivity contribution is 7.20. The Kier molecular flexibility index (Phi) is 4.84. The third-order valence-corrected chi connectivity index (χ3v) is 6.11. The number of nitrogens with one attached hydrogen (secondary N) is 1. The average Bonchev–Trinajstić information content (AvgIpc) is 3.45. The molecule has 0 saturated heterocycles. The topological polar surface area (TPSA) is 75.1 Å². The number of benzene rings is 1. The van der Waals surface area contributed by atoms with Crippen molar-refractivity contribution in [2.24, 2.45) is 0 Å². The van der Waals surface area contributed by atoms with Gasteiger partial charge in [0.2, 0.25) is 0 Å². The van der Waals surface area contributed by atoms with Gasteiger partial charge < -0.3 is 10.4 Å². The highest BCUT2D eigenvalue weighted by Crippen LogP contribution is 2.40. The zero-order chi connectivity index (χ0) is 20.0. The van der Waals surface area contributed by atoms with E-state index in [-0.39, 0.29) is 18.0 Å². The van der Waals surface area contributed by atoms with E-state index >= 15 is 0 Å². The molecule has 0 unspecified atom stereocenters. The van der Waals surface area contributed by atoms with Crippen LogP contribution in [0.1, 0.15) is 57.2 Å². The zero-order valence-corrected chi connectivity index (χ0v) is 16.2. The van der Waals surface area contributed by atoms with Crippen LogP contribution in [-0.4, -0.2) is 27.5 Å². The van der Waals surface area contributed by atoms with Gasteiger partial charge in [0.25, 0.3) is 5.91 Å². The van der Waals surface area contributed by atoms with E-state index in [4.69, 9.17) is 0 Å². The summed E-state index contributed by atoms with van der Waals surface area (Å²) in [7, 11) is 0. The van der Waals surface area contributed by atoms with Crippen LogP contribution in [-0.2, 0) is 0 Å². The minimum absolute atomic E-state index is 0.116. The predicted octanol–water partition coefficient (Wildman–Crippen LogP) is 3.93. The van der Waals surface area contributed by atoms with Gasteiger partial charge in [0.15, 0.2) is 11.6 Å². The SMILES string of the molecule is Cc1nc(C2CC2)nc2sc(C(=O)NC[C@H](O)c3ccc(F)c(F)c3)c(C)c12. The van der Waals surface area contributed by atoms with Crippen molar-refractivity contribution in [1.82, 2.24) is 15.3 Å². The Morgan fingerprint density at radius 2 is 2.04 bits per heavy atom. The molecular formula is C20H19F2N3O2S. The molecule has 2 heterocycles. The van der Waals surface area contributed by atoms with Crippen LogP contribution in [0, 0.1) is 25.5 Å². The number of aliphatic hydroxyl groups is 1. The van der Waals surface area contributed by atoms with Gasteiger partial charge in [-0.05, 0) is 49.9 Å². The summed E-state index contributed by atoms with van der Waals surface area (Å²) in [6.07, 6.45) is 1.06. The van der Waals surface area contributed by atoms with Crippen molar-refractivity contribution in [1.29, 1.82) is 0 Å². The molecule has 8 heteroatoms. The Bertz CT molecular complexity index is 1080. The lowest BCUT2D eigenvalue weighted by atomic mass is 10.1. The Labute approximate surface area is 164 Å². The van der Waals surface area contributed by atoms with Crippen molar-refractivity contribution in [3.63, 3.8) is 0 Å². The van der Waals surface area contributed by atoms with E-state index in [1.54, 1.807) is 0 Å². The Morgan fingerprint density at radius 1 is 1.29 bits per heavy atom. The number of aromatic nitrogens is 2. The van der Waals surface area contributed by atoms with Crippen molar-refractivity contribution in [3.05, 3.63) is 57.4 Å². The first-order valence-electron chi connectivity index (χ1n) is 9.04. The highest BCUT2D eigenvalue weighted by Gasteiger charge is 2.28. The standard InChI is InChI=1S/C20H19F2N3O2S/c1-9-16-10(2)24-18(11-3-4-11)25-20(16)28-17(9)19(27)23-8-15(26)12-5-6-13(21)14(22)7-12/h5-7,11,15,26H,3-4,8H2,1-2H3,(H,23,27)/t15-/m0/s1. The lowest BCUT2D eigenvalue weighted by Gasteiger charge is -2.12. The lowest BCUT2D eigenvalue weighted by molar-refractivity contribution is 0.0919. The molecule has 2 aromatic heterocycles. The van der Waals surface area contributed by atoms with Crippen molar-refractivity contribution in [2.45, 2.75) is 38.7 Å². The van der Waals surface area contributed by atoms with E-state index in [0.717, 1.165) is 52.3 Å². The fourth-order valence-corrected chi connectivity index (χ4v) is 4.36. The first-order valence-corrected chi connectivity index (χ1v) is 9.85.